The molecule has 8 nitrogen and oxygen atoms in total. The Kier molecular flexibility index (Phi) is 8.02. The van der Waals surface area contributed by atoms with Crippen molar-refractivity contribution < 1.29 is 19.0 Å². The van der Waals surface area contributed by atoms with E-state index in [1.54, 1.807) is 31.4 Å². The Morgan fingerprint density at radius 2 is 1.78 bits per heavy atom. The van der Waals surface area contributed by atoms with Gasteiger partial charge in [0.2, 0.25) is 5.17 Å². The third kappa shape index (κ3) is 6.22. The van der Waals surface area contributed by atoms with Crippen molar-refractivity contribution in [3.05, 3.63) is 59.2 Å². The van der Waals surface area contributed by atoms with Gasteiger partial charge in [-0.1, -0.05) is 45.9 Å². The highest BCUT2D eigenvalue weighted by Gasteiger charge is 2.35. The van der Waals surface area contributed by atoms with Crippen molar-refractivity contribution in [2.45, 2.75) is 46.0 Å². The summed E-state index contributed by atoms with van der Waals surface area (Å²) >= 11 is 1.34. The summed E-state index contributed by atoms with van der Waals surface area (Å²) in [5.41, 5.74) is 2.21. The van der Waals surface area contributed by atoms with Gasteiger partial charge in [0.25, 0.3) is 5.91 Å². The normalized spacial score (nSPS) is 16.5. The van der Waals surface area contributed by atoms with E-state index in [0.29, 0.717) is 35.4 Å². The highest BCUT2D eigenvalue weighted by atomic mass is 32.2. The van der Waals surface area contributed by atoms with Gasteiger partial charge in [-0.2, -0.15) is 15.1 Å². The van der Waals surface area contributed by atoms with Gasteiger partial charge in [-0.3, -0.25) is 10.2 Å². The first kappa shape index (κ1) is 26.5. The molecule has 2 aliphatic rings. The van der Waals surface area contributed by atoms with Crippen molar-refractivity contribution in [1.82, 2.24) is 5.01 Å². The first-order chi connectivity index (χ1) is 17.7. The number of hydrogen-bond acceptors (Lipinski definition) is 7. The molecular formula is C28H32N4O4S. The summed E-state index contributed by atoms with van der Waals surface area (Å²) in [4.78, 5) is 16.8. The Bertz CT molecular complexity index is 1280. The third-order valence-corrected chi connectivity index (χ3v) is 6.76. The number of rotatable bonds is 9. The van der Waals surface area contributed by atoms with E-state index >= 15 is 0 Å². The summed E-state index contributed by atoms with van der Waals surface area (Å²) in [7, 11) is 1.56. The topological polar surface area (TPSA) is 96.6 Å². The monoisotopic (exact) mass is 520 g/mol. The zero-order chi connectivity index (χ0) is 26.6. The second-order valence-corrected chi connectivity index (χ2v) is 10.7. The van der Waals surface area contributed by atoms with Crippen molar-refractivity contribution in [2.24, 2.45) is 10.1 Å². The lowest BCUT2D eigenvalue weighted by atomic mass is 9.87. The molecule has 2 aliphatic heterocycles. The number of thioether (sulfide) groups is 1. The summed E-state index contributed by atoms with van der Waals surface area (Å²) in [5, 5.41) is 15.7. The van der Waals surface area contributed by atoms with Gasteiger partial charge in [0.05, 0.1) is 12.7 Å². The van der Waals surface area contributed by atoms with Crippen LogP contribution in [0.15, 0.2) is 58.1 Å². The maximum atomic E-state index is 12.6. The number of nitrogens with zero attached hydrogens (tertiary/aromatic N) is 3. The van der Waals surface area contributed by atoms with Crippen molar-refractivity contribution >= 4 is 39.8 Å². The van der Waals surface area contributed by atoms with E-state index in [2.05, 4.69) is 49.9 Å². The Morgan fingerprint density at radius 1 is 1.05 bits per heavy atom. The number of nitrogens with one attached hydrogen (secondary N) is 1. The first-order valence-corrected chi connectivity index (χ1v) is 13.0. The van der Waals surface area contributed by atoms with E-state index in [0.717, 1.165) is 23.6 Å². The van der Waals surface area contributed by atoms with Gasteiger partial charge in [0.15, 0.2) is 17.3 Å². The summed E-state index contributed by atoms with van der Waals surface area (Å²) in [6, 6.07) is 13.4. The van der Waals surface area contributed by atoms with E-state index < -0.39 is 5.91 Å². The molecule has 0 bridgehead atoms. The second kappa shape index (κ2) is 11.2. The lowest BCUT2D eigenvalue weighted by molar-refractivity contribution is -0.114. The van der Waals surface area contributed by atoms with Crippen molar-refractivity contribution in [2.75, 3.05) is 20.3 Å². The van der Waals surface area contributed by atoms with Crippen LogP contribution in [0.5, 0.6) is 17.2 Å². The van der Waals surface area contributed by atoms with E-state index in [4.69, 9.17) is 19.6 Å². The minimum absolute atomic E-state index is 0.0144. The lowest BCUT2D eigenvalue weighted by Crippen LogP contribution is -2.35. The van der Waals surface area contributed by atoms with Crippen LogP contribution in [0.3, 0.4) is 0 Å². The number of benzene rings is 2. The molecule has 1 amide bonds. The zero-order valence-electron chi connectivity index (χ0n) is 21.8. The zero-order valence-corrected chi connectivity index (χ0v) is 22.6. The first-order valence-electron chi connectivity index (χ1n) is 12.2. The number of hydrogen-bond donors (Lipinski definition) is 1. The largest absolute Gasteiger partial charge is 0.493 e. The molecule has 0 aromatic heterocycles. The number of amides is 1. The van der Waals surface area contributed by atoms with Gasteiger partial charge in [0.1, 0.15) is 24.0 Å². The fraction of sp³-hybridized carbons (Fsp3) is 0.357. The minimum Gasteiger partial charge on any atom is -0.493 e. The number of hydrazone groups is 1. The molecule has 9 heteroatoms. The molecular weight excluding hydrogens is 488 g/mol. The fourth-order valence-corrected chi connectivity index (χ4v) is 4.76. The number of carbonyl (C=O) groups is 1. The van der Waals surface area contributed by atoms with Gasteiger partial charge < -0.3 is 14.2 Å². The Morgan fingerprint density at radius 3 is 2.46 bits per heavy atom. The molecule has 0 radical (unpaired) electrons. The van der Waals surface area contributed by atoms with Crippen LogP contribution in [0.1, 0.15) is 51.7 Å². The van der Waals surface area contributed by atoms with Gasteiger partial charge >= 0.3 is 0 Å². The van der Waals surface area contributed by atoms with Crippen molar-refractivity contribution in [3.63, 3.8) is 0 Å². The van der Waals surface area contributed by atoms with E-state index in [1.165, 1.54) is 22.3 Å². The van der Waals surface area contributed by atoms with Gasteiger partial charge in [-0.05, 0) is 71.5 Å². The van der Waals surface area contributed by atoms with Crippen molar-refractivity contribution in [3.8, 4) is 17.2 Å². The Balaban J connectivity index is 1.39. The molecule has 0 saturated heterocycles. The maximum Gasteiger partial charge on any atom is 0.283 e. The van der Waals surface area contributed by atoms with Crippen LogP contribution in [0, 0.1) is 5.41 Å². The summed E-state index contributed by atoms with van der Waals surface area (Å²) in [5.74, 6) is 1.43. The molecule has 2 heterocycles. The van der Waals surface area contributed by atoms with Gasteiger partial charge in [-0.25, -0.2) is 0 Å². The van der Waals surface area contributed by atoms with Crippen LogP contribution in [0.2, 0.25) is 0 Å². The molecule has 0 aliphatic carbocycles. The second-order valence-electron chi connectivity index (χ2n) is 9.65. The predicted octanol–water partition coefficient (Wildman–Crippen LogP) is 5.87. The van der Waals surface area contributed by atoms with Crippen LogP contribution in [0.4, 0.5) is 0 Å². The van der Waals surface area contributed by atoms with E-state index in [9.17, 15) is 4.79 Å². The number of ether oxygens (including phenoxy) is 3. The predicted molar refractivity (Wildman–Crippen MR) is 149 cm³/mol. The number of carbonyl (C=O) groups excluding carboxylic acids is 1. The third-order valence-electron chi connectivity index (χ3n) is 5.79. The smallest absolute Gasteiger partial charge is 0.283 e. The highest BCUT2D eigenvalue weighted by Crippen LogP contribution is 2.32. The van der Waals surface area contributed by atoms with Crippen LogP contribution in [-0.4, -0.2) is 47.3 Å². The average Bonchev–Trinajstić information content (AvgIpc) is 3.27. The Hall–Kier alpha value is -3.59. The molecule has 2 aromatic rings. The lowest BCUT2D eigenvalue weighted by Gasteiger charge is -2.20. The average molecular weight is 521 g/mol. The quantitative estimate of drug-likeness (QED) is 0.328. The van der Waals surface area contributed by atoms with Crippen molar-refractivity contribution in [1.29, 1.82) is 5.41 Å². The Labute approximate surface area is 221 Å². The molecule has 1 N–H and O–H groups in total. The van der Waals surface area contributed by atoms with E-state index in [-0.39, 0.29) is 16.8 Å². The van der Waals surface area contributed by atoms with E-state index in [1.807, 2.05) is 12.1 Å². The fourth-order valence-electron chi connectivity index (χ4n) is 3.77. The summed E-state index contributed by atoms with van der Waals surface area (Å²) in [6.07, 6.45) is 3.34. The van der Waals surface area contributed by atoms with Crippen LogP contribution in [-0.2, 0) is 10.2 Å². The van der Waals surface area contributed by atoms with Crippen LogP contribution >= 0.6 is 11.8 Å². The molecule has 0 unspecified atom stereocenters. The molecule has 0 fully saturated rings. The SMILES string of the molecule is CCCC1=NN2C(=N)/C(=C\c3ccc(OCCOc4ccc(C(C)(C)C)cc4)c(OC)c3)C(=O)N=C2S1. The van der Waals surface area contributed by atoms with Crippen LogP contribution in [0.25, 0.3) is 6.08 Å². The molecule has 0 atom stereocenters. The number of fused-ring (bicyclic) bond motifs is 1. The number of amidine groups is 2. The molecule has 0 spiro atoms. The minimum atomic E-state index is -0.455. The van der Waals surface area contributed by atoms with Crippen LogP contribution < -0.4 is 14.2 Å². The van der Waals surface area contributed by atoms with Gasteiger partial charge in [0, 0.05) is 0 Å². The maximum absolute atomic E-state index is 12.6. The molecule has 37 heavy (non-hydrogen) atoms. The summed E-state index contributed by atoms with van der Waals surface area (Å²) in [6.45, 7) is 9.31. The molecule has 4 rings (SSSR count). The highest BCUT2D eigenvalue weighted by molar-refractivity contribution is 8.26. The molecule has 0 saturated carbocycles. The summed E-state index contributed by atoms with van der Waals surface area (Å²) < 4.78 is 17.2. The number of aliphatic imine (C=N–C) groups is 1. The molecule has 194 valence electrons. The molecule has 2 aromatic carbocycles. The standard InChI is InChI=1S/C28H32N4O4S/c1-6-7-24-31-32-25(29)21(26(33)30-27(32)37-24)16-18-8-13-22(23(17-18)34-5)36-15-14-35-20-11-9-19(10-12-20)28(2,3)4/h8-13,16-17,29H,6-7,14-15H2,1-5H3/b21-16+,29-25?. The van der Waals surface area contributed by atoms with Gasteiger partial charge in [-0.15, -0.1) is 0 Å². The number of methoxy groups -OCH3 is 1.